The summed E-state index contributed by atoms with van der Waals surface area (Å²) in [5.74, 6) is 0.123. The van der Waals surface area contributed by atoms with Gasteiger partial charge in [0, 0.05) is 24.2 Å². The van der Waals surface area contributed by atoms with Crippen LogP contribution in [-0.4, -0.2) is 20.1 Å². The second-order valence-electron chi connectivity index (χ2n) is 5.54. The Bertz CT molecular complexity index is 967. The van der Waals surface area contributed by atoms with E-state index in [9.17, 15) is 14.9 Å². The number of nitro benzene ring substituents is 1. The van der Waals surface area contributed by atoms with Gasteiger partial charge in [0.05, 0.1) is 4.92 Å². The van der Waals surface area contributed by atoms with Gasteiger partial charge in [-0.05, 0) is 18.6 Å². The predicted octanol–water partition coefficient (Wildman–Crippen LogP) is 2.72. The fourth-order valence-corrected chi connectivity index (χ4v) is 2.27. The Morgan fingerprint density at radius 2 is 1.92 bits per heavy atom. The smallest absolute Gasteiger partial charge is 0.274 e. The molecule has 0 aliphatic heterocycles. The molecule has 0 unspecified atom stereocenters. The molecule has 3 aromatic rings. The summed E-state index contributed by atoms with van der Waals surface area (Å²) in [6.45, 7) is 1.99. The number of aromatic nitrogens is 3. The van der Waals surface area contributed by atoms with Crippen molar-refractivity contribution in [3.8, 4) is 0 Å². The number of rotatable bonds is 5. The Morgan fingerprint density at radius 3 is 2.60 bits per heavy atom. The van der Waals surface area contributed by atoms with Crippen LogP contribution in [0.2, 0.25) is 0 Å². The van der Waals surface area contributed by atoms with Gasteiger partial charge < -0.3 is 5.32 Å². The van der Waals surface area contributed by atoms with E-state index in [-0.39, 0.29) is 17.2 Å². The zero-order chi connectivity index (χ0) is 17.8. The monoisotopic (exact) mass is 337 g/mol. The molecule has 1 heterocycles. The number of aromatic amines is 1. The van der Waals surface area contributed by atoms with E-state index in [1.54, 1.807) is 6.07 Å². The number of non-ortho nitro benzene ring substituents is 1. The van der Waals surface area contributed by atoms with Gasteiger partial charge in [0.15, 0.2) is 0 Å². The highest BCUT2D eigenvalue weighted by Gasteiger charge is 2.09. The molecule has 126 valence electrons. The molecule has 0 bridgehead atoms. The largest absolute Gasteiger partial charge is 0.324 e. The van der Waals surface area contributed by atoms with Crippen LogP contribution in [0.5, 0.6) is 0 Å². The zero-order valence-electron chi connectivity index (χ0n) is 13.4. The van der Waals surface area contributed by atoms with Crippen LogP contribution in [0.4, 0.5) is 17.3 Å². The minimum absolute atomic E-state index is 0.0590. The molecule has 0 aliphatic carbocycles. The maximum atomic E-state index is 12.2. The van der Waals surface area contributed by atoms with Gasteiger partial charge in [-0.1, -0.05) is 35.9 Å². The van der Waals surface area contributed by atoms with Crippen molar-refractivity contribution >= 4 is 17.3 Å². The van der Waals surface area contributed by atoms with Gasteiger partial charge in [-0.15, -0.1) is 10.2 Å². The normalized spacial score (nSPS) is 10.4. The quantitative estimate of drug-likeness (QED) is 0.546. The lowest BCUT2D eigenvalue weighted by molar-refractivity contribution is -0.384. The van der Waals surface area contributed by atoms with Gasteiger partial charge in [0.25, 0.3) is 11.2 Å². The molecule has 1 aromatic heterocycles. The fraction of sp³-hybridized carbons (Fsp3) is 0.118. The van der Waals surface area contributed by atoms with Gasteiger partial charge in [-0.3, -0.25) is 19.9 Å². The van der Waals surface area contributed by atoms with Crippen molar-refractivity contribution in [2.45, 2.75) is 13.3 Å². The molecule has 25 heavy (non-hydrogen) atoms. The lowest BCUT2D eigenvalue weighted by Gasteiger charge is -2.05. The number of hydrogen-bond acceptors (Lipinski definition) is 6. The molecule has 3 rings (SSSR count). The van der Waals surface area contributed by atoms with E-state index in [1.807, 2.05) is 31.2 Å². The minimum Gasteiger partial charge on any atom is -0.324 e. The van der Waals surface area contributed by atoms with Gasteiger partial charge in [0.2, 0.25) is 5.95 Å². The maximum Gasteiger partial charge on any atom is 0.274 e. The van der Waals surface area contributed by atoms with Crippen molar-refractivity contribution in [3.63, 3.8) is 0 Å². The number of benzene rings is 2. The second kappa shape index (κ2) is 6.91. The van der Waals surface area contributed by atoms with E-state index in [4.69, 9.17) is 0 Å². The van der Waals surface area contributed by atoms with Crippen molar-refractivity contribution in [2.24, 2.45) is 0 Å². The number of nitrogens with one attached hydrogen (secondary N) is 2. The molecular weight excluding hydrogens is 322 g/mol. The lowest BCUT2D eigenvalue weighted by Crippen LogP contribution is -2.18. The Kier molecular flexibility index (Phi) is 4.51. The molecule has 0 radical (unpaired) electrons. The Hall–Kier alpha value is -3.55. The van der Waals surface area contributed by atoms with Crippen molar-refractivity contribution in [1.29, 1.82) is 0 Å². The van der Waals surface area contributed by atoms with E-state index >= 15 is 0 Å². The summed E-state index contributed by atoms with van der Waals surface area (Å²) in [5, 5.41) is 21.5. The number of anilines is 2. The van der Waals surface area contributed by atoms with Gasteiger partial charge in [-0.25, -0.2) is 0 Å². The standard InChI is InChI=1S/C17H15N5O3/c1-11-5-7-12(8-6-11)9-15-16(23)19-17(21-20-15)18-13-3-2-4-14(10-13)22(24)25/h2-8,10H,9H2,1H3,(H2,18,19,21,23). The second-order valence-corrected chi connectivity index (χ2v) is 5.54. The summed E-state index contributed by atoms with van der Waals surface area (Å²) < 4.78 is 0. The molecule has 2 aromatic carbocycles. The van der Waals surface area contributed by atoms with Gasteiger partial charge >= 0.3 is 0 Å². The highest BCUT2D eigenvalue weighted by atomic mass is 16.6. The van der Waals surface area contributed by atoms with Crippen molar-refractivity contribution < 1.29 is 4.92 Å². The molecule has 0 amide bonds. The van der Waals surface area contributed by atoms with E-state index < -0.39 is 4.92 Å². The number of hydrogen-bond donors (Lipinski definition) is 2. The average Bonchev–Trinajstić information content (AvgIpc) is 2.59. The first kappa shape index (κ1) is 16.3. The molecule has 0 fully saturated rings. The molecule has 0 aliphatic rings. The van der Waals surface area contributed by atoms with Crippen LogP contribution in [0.25, 0.3) is 0 Å². The van der Waals surface area contributed by atoms with Crippen LogP contribution in [-0.2, 0) is 6.42 Å². The number of H-pyrrole nitrogens is 1. The number of nitro groups is 1. The molecule has 8 nitrogen and oxygen atoms in total. The fourth-order valence-electron chi connectivity index (χ4n) is 2.27. The molecule has 2 N–H and O–H groups in total. The van der Waals surface area contributed by atoms with Crippen LogP contribution in [0.1, 0.15) is 16.8 Å². The van der Waals surface area contributed by atoms with E-state index in [0.29, 0.717) is 17.8 Å². The highest BCUT2D eigenvalue weighted by Crippen LogP contribution is 2.19. The molecular formula is C17H15N5O3. The topological polar surface area (TPSA) is 114 Å². The number of aryl methyl sites for hydroxylation is 1. The third kappa shape index (κ3) is 4.05. The summed E-state index contributed by atoms with van der Waals surface area (Å²) >= 11 is 0. The average molecular weight is 337 g/mol. The van der Waals surface area contributed by atoms with E-state index in [0.717, 1.165) is 11.1 Å². The maximum absolute atomic E-state index is 12.2. The van der Waals surface area contributed by atoms with Crippen LogP contribution in [0.15, 0.2) is 53.3 Å². The Morgan fingerprint density at radius 1 is 1.16 bits per heavy atom. The third-order valence-electron chi connectivity index (χ3n) is 3.58. The van der Waals surface area contributed by atoms with Gasteiger partial charge in [0.1, 0.15) is 5.69 Å². The van der Waals surface area contributed by atoms with Crippen LogP contribution < -0.4 is 10.9 Å². The Labute approximate surface area is 142 Å². The predicted molar refractivity (Wildman–Crippen MR) is 93.0 cm³/mol. The molecule has 8 heteroatoms. The third-order valence-corrected chi connectivity index (χ3v) is 3.58. The first-order valence-corrected chi connectivity index (χ1v) is 7.54. The summed E-state index contributed by atoms with van der Waals surface area (Å²) in [6.07, 6.45) is 0.375. The molecule has 0 saturated heterocycles. The Balaban J connectivity index is 1.78. The molecule has 0 spiro atoms. The summed E-state index contributed by atoms with van der Waals surface area (Å²) in [4.78, 5) is 25.1. The minimum atomic E-state index is -0.496. The number of nitrogens with zero attached hydrogens (tertiary/aromatic N) is 3. The van der Waals surface area contributed by atoms with E-state index in [2.05, 4.69) is 20.5 Å². The van der Waals surface area contributed by atoms with Crippen molar-refractivity contribution in [2.75, 3.05) is 5.32 Å². The van der Waals surface area contributed by atoms with Crippen molar-refractivity contribution in [3.05, 3.63) is 85.8 Å². The summed E-state index contributed by atoms with van der Waals surface area (Å²) in [7, 11) is 0. The summed E-state index contributed by atoms with van der Waals surface area (Å²) in [5.41, 5.74) is 2.42. The van der Waals surface area contributed by atoms with E-state index in [1.165, 1.54) is 18.2 Å². The van der Waals surface area contributed by atoms with Crippen LogP contribution >= 0.6 is 0 Å². The molecule has 0 saturated carbocycles. The first-order chi connectivity index (χ1) is 12.0. The van der Waals surface area contributed by atoms with Crippen LogP contribution in [0.3, 0.4) is 0 Å². The molecule has 0 atom stereocenters. The van der Waals surface area contributed by atoms with Crippen LogP contribution in [0, 0.1) is 17.0 Å². The zero-order valence-corrected chi connectivity index (χ0v) is 13.4. The van der Waals surface area contributed by atoms with Gasteiger partial charge in [-0.2, -0.15) is 0 Å². The first-order valence-electron chi connectivity index (χ1n) is 7.54. The SMILES string of the molecule is Cc1ccc(Cc2nnc(Nc3cccc([N+](=O)[O-])c3)[nH]c2=O)cc1. The summed E-state index contributed by atoms with van der Waals surface area (Å²) in [6, 6.07) is 13.7. The highest BCUT2D eigenvalue weighted by molar-refractivity contribution is 5.57. The van der Waals surface area contributed by atoms with Crippen molar-refractivity contribution in [1.82, 2.24) is 15.2 Å². The lowest BCUT2D eigenvalue weighted by atomic mass is 10.1.